The molecule has 4 aliphatic carbocycles. The van der Waals surface area contributed by atoms with Crippen molar-refractivity contribution in [3.63, 3.8) is 0 Å². The molecule has 0 heterocycles. The standard InChI is InChI=1S/C15H27NO2S/c1-3-16-14(10-19(2,17)18)15-7-11-4-12(8-15)6-13(5-11)9-15/h11-14,16H,3-10H2,1-2H3. The predicted octanol–water partition coefficient (Wildman–Crippen LogP) is 2.23. The van der Waals surface area contributed by atoms with Crippen LogP contribution in [0.4, 0.5) is 0 Å². The molecule has 3 nitrogen and oxygen atoms in total. The van der Waals surface area contributed by atoms with Crippen molar-refractivity contribution in [2.24, 2.45) is 23.2 Å². The van der Waals surface area contributed by atoms with Crippen molar-refractivity contribution >= 4 is 9.84 Å². The molecule has 0 aromatic carbocycles. The Hall–Kier alpha value is -0.0900. The molecule has 4 rings (SSSR count). The zero-order chi connectivity index (χ0) is 13.7. The van der Waals surface area contributed by atoms with Gasteiger partial charge in [-0.05, 0) is 68.2 Å². The number of hydrogen-bond donors (Lipinski definition) is 1. The second kappa shape index (κ2) is 4.73. The zero-order valence-corrected chi connectivity index (χ0v) is 13.0. The quantitative estimate of drug-likeness (QED) is 0.842. The number of hydrogen-bond acceptors (Lipinski definition) is 3. The summed E-state index contributed by atoms with van der Waals surface area (Å²) >= 11 is 0. The third-order valence-corrected chi connectivity index (χ3v) is 6.68. The second-order valence-electron chi connectivity index (χ2n) is 7.48. The first-order valence-electron chi connectivity index (χ1n) is 7.81. The van der Waals surface area contributed by atoms with Crippen LogP contribution in [-0.2, 0) is 9.84 Å². The van der Waals surface area contributed by atoms with Crippen LogP contribution in [0.15, 0.2) is 0 Å². The molecule has 0 aromatic heterocycles. The highest BCUT2D eigenvalue weighted by molar-refractivity contribution is 7.90. The fourth-order valence-corrected chi connectivity index (χ4v) is 6.68. The summed E-state index contributed by atoms with van der Waals surface area (Å²) in [5, 5.41) is 3.52. The fraction of sp³-hybridized carbons (Fsp3) is 1.00. The lowest BCUT2D eigenvalue weighted by Gasteiger charge is -2.59. The highest BCUT2D eigenvalue weighted by Gasteiger charge is 2.54. The predicted molar refractivity (Wildman–Crippen MR) is 77.8 cm³/mol. The molecule has 19 heavy (non-hydrogen) atoms. The lowest BCUT2D eigenvalue weighted by Crippen LogP contribution is -2.57. The minimum atomic E-state index is -2.90. The van der Waals surface area contributed by atoms with E-state index >= 15 is 0 Å². The van der Waals surface area contributed by atoms with Gasteiger partial charge in [-0.15, -0.1) is 0 Å². The van der Waals surface area contributed by atoms with Crippen LogP contribution in [0, 0.1) is 23.2 Å². The third-order valence-electron chi connectivity index (χ3n) is 5.74. The molecule has 0 aliphatic heterocycles. The Labute approximate surface area is 117 Å². The first-order valence-corrected chi connectivity index (χ1v) is 9.87. The molecule has 1 unspecified atom stereocenters. The number of sulfone groups is 1. The average molecular weight is 285 g/mol. The van der Waals surface area contributed by atoms with Gasteiger partial charge in [0.25, 0.3) is 0 Å². The Morgan fingerprint density at radius 2 is 1.58 bits per heavy atom. The molecule has 4 saturated carbocycles. The molecule has 4 fully saturated rings. The normalized spacial score (nSPS) is 42.5. The summed E-state index contributed by atoms with van der Waals surface area (Å²) in [6.45, 7) is 2.97. The molecular weight excluding hydrogens is 258 g/mol. The van der Waals surface area contributed by atoms with Crippen molar-refractivity contribution < 1.29 is 8.42 Å². The van der Waals surface area contributed by atoms with E-state index in [-0.39, 0.29) is 11.5 Å². The van der Waals surface area contributed by atoms with Gasteiger partial charge >= 0.3 is 0 Å². The summed E-state index contributed by atoms with van der Waals surface area (Å²) in [4.78, 5) is 0. The molecule has 110 valence electrons. The van der Waals surface area contributed by atoms with Crippen molar-refractivity contribution in [1.82, 2.24) is 5.32 Å². The largest absolute Gasteiger partial charge is 0.313 e. The van der Waals surface area contributed by atoms with Crippen LogP contribution in [0.25, 0.3) is 0 Å². The number of nitrogens with one attached hydrogen (secondary N) is 1. The number of rotatable bonds is 5. The summed E-state index contributed by atoms with van der Waals surface area (Å²) in [6.07, 6.45) is 9.44. The Morgan fingerprint density at radius 3 is 1.95 bits per heavy atom. The van der Waals surface area contributed by atoms with Gasteiger partial charge in [0.15, 0.2) is 0 Å². The van der Waals surface area contributed by atoms with E-state index in [9.17, 15) is 8.42 Å². The SMILES string of the molecule is CCNC(CS(C)(=O)=O)C12CC3CC(CC(C3)C1)C2. The first kappa shape index (κ1) is 13.9. The van der Waals surface area contributed by atoms with Gasteiger partial charge in [-0.3, -0.25) is 0 Å². The van der Waals surface area contributed by atoms with E-state index < -0.39 is 9.84 Å². The highest BCUT2D eigenvalue weighted by Crippen LogP contribution is 2.61. The van der Waals surface area contributed by atoms with Crippen LogP contribution in [0.2, 0.25) is 0 Å². The summed E-state index contributed by atoms with van der Waals surface area (Å²) < 4.78 is 23.5. The first-order chi connectivity index (χ1) is 8.90. The molecule has 4 aliphatic rings. The van der Waals surface area contributed by atoms with E-state index in [1.165, 1.54) is 44.8 Å². The summed E-state index contributed by atoms with van der Waals surface area (Å²) in [7, 11) is -2.90. The monoisotopic (exact) mass is 285 g/mol. The Morgan fingerprint density at radius 1 is 1.11 bits per heavy atom. The molecule has 0 saturated heterocycles. The van der Waals surface area contributed by atoms with Gasteiger partial charge in [-0.25, -0.2) is 8.42 Å². The molecule has 4 bridgehead atoms. The molecule has 0 radical (unpaired) electrons. The van der Waals surface area contributed by atoms with Crippen molar-refractivity contribution in [1.29, 1.82) is 0 Å². The average Bonchev–Trinajstić information content (AvgIpc) is 2.24. The topological polar surface area (TPSA) is 46.2 Å². The minimum Gasteiger partial charge on any atom is -0.313 e. The molecule has 1 N–H and O–H groups in total. The van der Waals surface area contributed by atoms with E-state index in [4.69, 9.17) is 0 Å². The lowest BCUT2D eigenvalue weighted by atomic mass is 9.48. The van der Waals surface area contributed by atoms with E-state index in [0.717, 1.165) is 24.3 Å². The summed E-state index contributed by atoms with van der Waals surface area (Å²) in [5.74, 6) is 2.97. The van der Waals surface area contributed by atoms with Crippen LogP contribution in [0.5, 0.6) is 0 Å². The maximum absolute atomic E-state index is 11.8. The van der Waals surface area contributed by atoms with Gasteiger partial charge in [-0.2, -0.15) is 0 Å². The van der Waals surface area contributed by atoms with Gasteiger partial charge in [0.05, 0.1) is 5.75 Å². The maximum atomic E-state index is 11.8. The smallest absolute Gasteiger partial charge is 0.149 e. The molecule has 0 amide bonds. The molecule has 0 spiro atoms. The molecule has 4 heteroatoms. The zero-order valence-electron chi connectivity index (χ0n) is 12.2. The highest BCUT2D eigenvalue weighted by atomic mass is 32.2. The third kappa shape index (κ3) is 2.71. The molecule has 1 atom stereocenters. The lowest BCUT2D eigenvalue weighted by molar-refractivity contribution is -0.0694. The van der Waals surface area contributed by atoms with Gasteiger partial charge in [-0.1, -0.05) is 6.92 Å². The van der Waals surface area contributed by atoms with Gasteiger partial charge in [0.2, 0.25) is 0 Å². The van der Waals surface area contributed by atoms with E-state index in [1.807, 2.05) is 0 Å². The van der Waals surface area contributed by atoms with E-state index in [2.05, 4.69) is 12.2 Å². The van der Waals surface area contributed by atoms with Crippen molar-refractivity contribution in [3.8, 4) is 0 Å². The summed E-state index contributed by atoms with van der Waals surface area (Å²) in [5.41, 5.74) is 0.286. The van der Waals surface area contributed by atoms with Gasteiger partial charge in [0, 0.05) is 12.3 Å². The van der Waals surface area contributed by atoms with Crippen LogP contribution in [0.1, 0.15) is 45.4 Å². The fourth-order valence-electron chi connectivity index (χ4n) is 5.61. The Kier molecular flexibility index (Phi) is 3.45. The van der Waals surface area contributed by atoms with Crippen molar-refractivity contribution in [3.05, 3.63) is 0 Å². The minimum absolute atomic E-state index is 0.181. The van der Waals surface area contributed by atoms with Gasteiger partial charge in [0.1, 0.15) is 9.84 Å². The Balaban J connectivity index is 1.84. The Bertz CT molecular complexity index is 408. The molecular formula is C15H27NO2S. The second-order valence-corrected chi connectivity index (χ2v) is 9.67. The van der Waals surface area contributed by atoms with E-state index in [1.54, 1.807) is 0 Å². The van der Waals surface area contributed by atoms with Crippen molar-refractivity contribution in [2.45, 2.75) is 51.5 Å². The van der Waals surface area contributed by atoms with Crippen LogP contribution in [-0.4, -0.2) is 33.0 Å². The van der Waals surface area contributed by atoms with E-state index in [0.29, 0.717) is 5.75 Å². The summed E-state index contributed by atoms with van der Waals surface area (Å²) in [6, 6.07) is 0.181. The molecule has 0 aromatic rings. The van der Waals surface area contributed by atoms with Crippen LogP contribution >= 0.6 is 0 Å². The van der Waals surface area contributed by atoms with Gasteiger partial charge < -0.3 is 5.32 Å². The van der Waals surface area contributed by atoms with Crippen molar-refractivity contribution in [2.75, 3.05) is 18.6 Å². The maximum Gasteiger partial charge on any atom is 0.149 e. The van der Waals surface area contributed by atoms with Crippen LogP contribution in [0.3, 0.4) is 0 Å². The van der Waals surface area contributed by atoms with Crippen LogP contribution < -0.4 is 5.32 Å².